The minimum absolute atomic E-state index is 0.156. The van der Waals surface area contributed by atoms with Crippen LogP contribution < -0.4 is 5.32 Å². The van der Waals surface area contributed by atoms with Crippen LogP contribution in [0.2, 0.25) is 0 Å². The molecule has 0 radical (unpaired) electrons. The number of anilines is 1. The zero-order chi connectivity index (χ0) is 18.4. The molecule has 0 aliphatic heterocycles. The summed E-state index contributed by atoms with van der Waals surface area (Å²) < 4.78 is 10.7. The molecule has 0 saturated carbocycles. The van der Waals surface area contributed by atoms with Crippen molar-refractivity contribution < 1.29 is 13.7 Å². The summed E-state index contributed by atoms with van der Waals surface area (Å²) in [5, 5.41) is 14.7. The highest BCUT2D eigenvalue weighted by Crippen LogP contribution is 2.29. The first-order valence-corrected chi connectivity index (χ1v) is 9.33. The van der Waals surface area contributed by atoms with Crippen LogP contribution in [-0.4, -0.2) is 26.5 Å². The Morgan fingerprint density at radius 1 is 1.27 bits per heavy atom. The highest BCUT2D eigenvalue weighted by atomic mass is 32.2. The van der Waals surface area contributed by atoms with Gasteiger partial charge < -0.3 is 14.3 Å². The summed E-state index contributed by atoms with van der Waals surface area (Å²) in [6.45, 7) is 3.86. The quantitative estimate of drug-likeness (QED) is 0.588. The highest BCUT2D eigenvalue weighted by molar-refractivity contribution is 8.00. The zero-order valence-electron chi connectivity index (χ0n) is 14.6. The van der Waals surface area contributed by atoms with E-state index >= 15 is 0 Å². The molecule has 1 unspecified atom stereocenters. The molecule has 7 nitrogen and oxygen atoms in total. The lowest BCUT2D eigenvalue weighted by Crippen LogP contribution is -2.25. The van der Waals surface area contributed by atoms with E-state index < -0.39 is 0 Å². The fourth-order valence-electron chi connectivity index (χ4n) is 2.34. The number of rotatable bonds is 8. The summed E-state index contributed by atoms with van der Waals surface area (Å²) in [5.41, 5.74) is 0.847. The standard InChI is InChI=1S/C18H20N4O3S/c1-3-4-10-14(16(23)19-15-11-12(2)25-22-15)26-18-21-20-17(24-18)13-8-6-5-7-9-13/h5-9,11,14H,3-4,10H2,1-2H3,(H,19,22,23). The van der Waals surface area contributed by atoms with Crippen LogP contribution in [-0.2, 0) is 4.79 Å². The Balaban J connectivity index is 1.70. The molecular formula is C18H20N4O3S. The van der Waals surface area contributed by atoms with Gasteiger partial charge in [-0.05, 0) is 25.5 Å². The summed E-state index contributed by atoms with van der Waals surface area (Å²) >= 11 is 1.27. The molecule has 1 atom stereocenters. The van der Waals surface area contributed by atoms with E-state index in [9.17, 15) is 4.79 Å². The van der Waals surface area contributed by atoms with Crippen LogP contribution in [0.3, 0.4) is 0 Å². The van der Waals surface area contributed by atoms with E-state index in [0.29, 0.717) is 29.1 Å². The lowest BCUT2D eigenvalue weighted by molar-refractivity contribution is -0.115. The molecule has 2 aromatic heterocycles. The first kappa shape index (κ1) is 18.2. The number of benzene rings is 1. The number of carbonyl (C=O) groups excluding carboxylic acids is 1. The van der Waals surface area contributed by atoms with Gasteiger partial charge in [-0.2, -0.15) is 0 Å². The number of aryl methyl sites for hydroxylation is 1. The van der Waals surface area contributed by atoms with E-state index in [1.165, 1.54) is 11.8 Å². The van der Waals surface area contributed by atoms with Crippen LogP contribution in [0.1, 0.15) is 31.9 Å². The van der Waals surface area contributed by atoms with Crippen LogP contribution in [0, 0.1) is 6.92 Å². The Bertz CT molecular complexity index is 847. The molecule has 0 aliphatic carbocycles. The van der Waals surface area contributed by atoms with Gasteiger partial charge in [0.25, 0.3) is 5.22 Å². The van der Waals surface area contributed by atoms with Crippen molar-refractivity contribution in [1.82, 2.24) is 15.4 Å². The van der Waals surface area contributed by atoms with Crippen molar-refractivity contribution in [2.45, 2.75) is 43.6 Å². The van der Waals surface area contributed by atoms with Gasteiger partial charge in [-0.3, -0.25) is 4.79 Å². The third kappa shape index (κ3) is 4.72. The first-order valence-electron chi connectivity index (χ1n) is 8.45. The van der Waals surface area contributed by atoms with E-state index in [1.54, 1.807) is 13.0 Å². The molecule has 136 valence electrons. The van der Waals surface area contributed by atoms with Gasteiger partial charge in [0.05, 0.1) is 5.25 Å². The fourth-order valence-corrected chi connectivity index (χ4v) is 3.25. The molecule has 1 aromatic carbocycles. The topological polar surface area (TPSA) is 94.0 Å². The maximum Gasteiger partial charge on any atom is 0.277 e. The second-order valence-electron chi connectivity index (χ2n) is 5.80. The number of hydrogen-bond donors (Lipinski definition) is 1. The van der Waals surface area contributed by atoms with Crippen molar-refractivity contribution in [3.63, 3.8) is 0 Å². The third-order valence-corrected chi connectivity index (χ3v) is 4.76. The van der Waals surface area contributed by atoms with Gasteiger partial charge in [-0.25, -0.2) is 0 Å². The van der Waals surface area contributed by atoms with Crippen LogP contribution >= 0.6 is 11.8 Å². The molecule has 1 amide bonds. The molecule has 0 bridgehead atoms. The van der Waals surface area contributed by atoms with Gasteiger partial charge >= 0.3 is 0 Å². The molecule has 26 heavy (non-hydrogen) atoms. The normalized spacial score (nSPS) is 12.1. The summed E-state index contributed by atoms with van der Waals surface area (Å²) in [5.74, 6) is 1.33. The number of hydrogen-bond acceptors (Lipinski definition) is 7. The predicted octanol–water partition coefficient (Wildman–Crippen LogP) is 4.32. The molecule has 2 heterocycles. The molecule has 0 spiro atoms. The Morgan fingerprint density at radius 3 is 2.77 bits per heavy atom. The number of carbonyl (C=O) groups is 1. The van der Waals surface area contributed by atoms with Crippen LogP contribution in [0.15, 0.2) is 50.6 Å². The van der Waals surface area contributed by atoms with Gasteiger partial charge in [0.2, 0.25) is 11.8 Å². The number of aromatic nitrogens is 3. The summed E-state index contributed by atoms with van der Waals surface area (Å²) in [7, 11) is 0. The molecule has 0 aliphatic rings. The minimum atomic E-state index is -0.351. The smallest absolute Gasteiger partial charge is 0.277 e. The molecule has 0 saturated heterocycles. The van der Waals surface area contributed by atoms with E-state index in [4.69, 9.17) is 8.94 Å². The van der Waals surface area contributed by atoms with Crippen molar-refractivity contribution in [3.8, 4) is 11.5 Å². The fraction of sp³-hybridized carbons (Fsp3) is 0.333. The largest absolute Gasteiger partial charge is 0.411 e. The first-order chi connectivity index (χ1) is 12.7. The monoisotopic (exact) mass is 372 g/mol. The summed E-state index contributed by atoms with van der Waals surface area (Å²) in [4.78, 5) is 12.6. The summed E-state index contributed by atoms with van der Waals surface area (Å²) in [6.07, 6.45) is 2.61. The van der Waals surface area contributed by atoms with Crippen LogP contribution in [0.25, 0.3) is 11.5 Å². The zero-order valence-corrected chi connectivity index (χ0v) is 15.5. The maximum absolute atomic E-state index is 12.6. The van der Waals surface area contributed by atoms with Gasteiger partial charge in [0, 0.05) is 11.6 Å². The number of thioether (sulfide) groups is 1. The van der Waals surface area contributed by atoms with E-state index in [2.05, 4.69) is 27.6 Å². The SMILES string of the molecule is CCCCC(Sc1nnc(-c2ccccc2)o1)C(=O)Nc1cc(C)on1. The van der Waals surface area contributed by atoms with Crippen molar-refractivity contribution in [2.24, 2.45) is 0 Å². The number of nitrogens with zero attached hydrogens (tertiary/aromatic N) is 3. The number of nitrogens with one attached hydrogen (secondary N) is 1. The second-order valence-corrected chi connectivity index (χ2v) is 6.95. The molecule has 8 heteroatoms. The van der Waals surface area contributed by atoms with Crippen LogP contribution in [0.4, 0.5) is 5.82 Å². The van der Waals surface area contributed by atoms with E-state index in [1.807, 2.05) is 30.3 Å². The van der Waals surface area contributed by atoms with Crippen molar-refractivity contribution >= 4 is 23.5 Å². The third-order valence-electron chi connectivity index (χ3n) is 3.66. The van der Waals surface area contributed by atoms with Crippen molar-refractivity contribution in [2.75, 3.05) is 5.32 Å². The lowest BCUT2D eigenvalue weighted by Gasteiger charge is -2.12. The average molecular weight is 372 g/mol. The minimum Gasteiger partial charge on any atom is -0.411 e. The van der Waals surface area contributed by atoms with Gasteiger partial charge in [0.15, 0.2) is 5.82 Å². The van der Waals surface area contributed by atoms with E-state index in [0.717, 1.165) is 18.4 Å². The molecule has 3 rings (SSSR count). The van der Waals surface area contributed by atoms with Crippen molar-refractivity contribution in [3.05, 3.63) is 42.2 Å². The molecule has 3 aromatic rings. The van der Waals surface area contributed by atoms with Gasteiger partial charge in [-0.15, -0.1) is 10.2 Å². The molecule has 0 fully saturated rings. The average Bonchev–Trinajstić information content (AvgIpc) is 3.28. The van der Waals surface area contributed by atoms with Gasteiger partial charge in [-0.1, -0.05) is 54.9 Å². The Morgan fingerprint density at radius 2 is 2.08 bits per heavy atom. The second kappa shape index (κ2) is 8.66. The Labute approximate surface area is 155 Å². The highest BCUT2D eigenvalue weighted by Gasteiger charge is 2.23. The van der Waals surface area contributed by atoms with E-state index in [-0.39, 0.29) is 11.2 Å². The molecule has 1 N–H and O–H groups in total. The number of amides is 1. The Kier molecular flexibility index (Phi) is 6.06. The Hall–Kier alpha value is -2.61. The van der Waals surface area contributed by atoms with Gasteiger partial charge in [0.1, 0.15) is 5.76 Å². The maximum atomic E-state index is 12.6. The predicted molar refractivity (Wildman–Crippen MR) is 98.8 cm³/mol. The molecular weight excluding hydrogens is 352 g/mol. The van der Waals surface area contributed by atoms with Crippen molar-refractivity contribution in [1.29, 1.82) is 0 Å². The lowest BCUT2D eigenvalue weighted by atomic mass is 10.2. The summed E-state index contributed by atoms with van der Waals surface area (Å²) in [6, 6.07) is 11.2. The number of unbranched alkanes of at least 4 members (excludes halogenated alkanes) is 1. The van der Waals surface area contributed by atoms with Crippen LogP contribution in [0.5, 0.6) is 0 Å².